The minimum absolute atomic E-state index is 0.295. The molecule has 3 unspecified atom stereocenters. The van der Waals surface area contributed by atoms with Gasteiger partial charge in [0.05, 0.1) is 0 Å². The maximum atomic E-state index is 10.5. The highest BCUT2D eigenvalue weighted by Crippen LogP contribution is 2.37. The summed E-state index contributed by atoms with van der Waals surface area (Å²) in [6.45, 7) is 17.3. The van der Waals surface area contributed by atoms with Gasteiger partial charge in [-0.3, -0.25) is 0 Å². The number of rotatable bonds is 14. The van der Waals surface area contributed by atoms with E-state index in [2.05, 4.69) is 40.7 Å². The highest BCUT2D eigenvalue weighted by atomic mass is 16.3. The second kappa shape index (κ2) is 13.9. The van der Waals surface area contributed by atoms with E-state index in [1.807, 2.05) is 26.8 Å². The molecule has 0 aliphatic carbocycles. The van der Waals surface area contributed by atoms with Crippen molar-refractivity contribution in [2.45, 2.75) is 113 Å². The van der Waals surface area contributed by atoms with Crippen molar-refractivity contribution in [2.75, 3.05) is 0 Å². The molecule has 0 spiro atoms. The first-order valence-electron chi connectivity index (χ1n) is 12.7. The topological polar surface area (TPSA) is 40.5 Å². The van der Waals surface area contributed by atoms with Crippen molar-refractivity contribution >= 4 is 6.08 Å². The molecule has 0 aliphatic rings. The van der Waals surface area contributed by atoms with Crippen molar-refractivity contribution in [2.24, 2.45) is 23.7 Å². The van der Waals surface area contributed by atoms with Gasteiger partial charge in [0.2, 0.25) is 0 Å². The molecule has 0 radical (unpaired) electrons. The fourth-order valence-corrected chi connectivity index (χ4v) is 4.47. The zero-order chi connectivity index (χ0) is 23.6. The van der Waals surface area contributed by atoms with Crippen molar-refractivity contribution in [3.05, 3.63) is 28.3 Å². The zero-order valence-electron chi connectivity index (χ0n) is 21.7. The molecule has 3 atom stereocenters. The lowest BCUT2D eigenvalue weighted by Crippen LogP contribution is -2.01. The monoisotopic (exact) mass is 430 g/mol. The maximum Gasteiger partial charge on any atom is 0.126 e. The van der Waals surface area contributed by atoms with Gasteiger partial charge < -0.3 is 10.2 Å². The quantitative estimate of drug-likeness (QED) is 0.289. The second-order valence-corrected chi connectivity index (χ2v) is 10.7. The molecule has 1 rings (SSSR count). The summed E-state index contributed by atoms with van der Waals surface area (Å²) in [5, 5.41) is 20.8. The Bertz CT molecular complexity index is 657. The van der Waals surface area contributed by atoms with Gasteiger partial charge in [0, 0.05) is 11.1 Å². The van der Waals surface area contributed by atoms with Gasteiger partial charge >= 0.3 is 0 Å². The number of aromatic hydroxyl groups is 2. The first-order chi connectivity index (χ1) is 14.5. The van der Waals surface area contributed by atoms with Crippen molar-refractivity contribution in [1.82, 2.24) is 0 Å². The van der Waals surface area contributed by atoms with E-state index < -0.39 is 0 Å². The van der Waals surface area contributed by atoms with Crippen LogP contribution < -0.4 is 0 Å². The normalized spacial score (nSPS) is 15.0. The third-order valence-electron chi connectivity index (χ3n) is 7.11. The number of phenols is 2. The number of allylic oxidation sites excluding steroid dienone is 1. The van der Waals surface area contributed by atoms with Gasteiger partial charge in [-0.25, -0.2) is 0 Å². The fourth-order valence-electron chi connectivity index (χ4n) is 4.47. The molecule has 1 aromatic carbocycles. The van der Waals surface area contributed by atoms with Crippen LogP contribution in [0, 0.1) is 44.4 Å². The Labute approximate surface area is 193 Å². The Hall–Kier alpha value is -1.44. The summed E-state index contributed by atoms with van der Waals surface area (Å²) >= 11 is 0. The van der Waals surface area contributed by atoms with Gasteiger partial charge in [0.15, 0.2) is 0 Å². The van der Waals surface area contributed by atoms with Crippen LogP contribution in [0.1, 0.15) is 115 Å². The molecular weight excluding hydrogens is 380 g/mol. The van der Waals surface area contributed by atoms with Crippen LogP contribution in [0.3, 0.4) is 0 Å². The van der Waals surface area contributed by atoms with E-state index in [0.29, 0.717) is 17.4 Å². The zero-order valence-corrected chi connectivity index (χ0v) is 21.7. The number of phenolic OH excluding ortho intramolecular Hbond substituents is 2. The van der Waals surface area contributed by atoms with Gasteiger partial charge in [-0.05, 0) is 62.0 Å². The molecule has 0 bridgehead atoms. The summed E-state index contributed by atoms with van der Waals surface area (Å²) in [6, 6.07) is 0. The van der Waals surface area contributed by atoms with E-state index in [1.165, 1.54) is 57.8 Å². The summed E-state index contributed by atoms with van der Waals surface area (Å²) in [4.78, 5) is 0. The highest BCUT2D eigenvalue weighted by molar-refractivity contribution is 5.68. The first-order valence-corrected chi connectivity index (χ1v) is 12.7. The van der Waals surface area contributed by atoms with Crippen LogP contribution in [-0.4, -0.2) is 10.2 Å². The molecule has 0 aliphatic heterocycles. The van der Waals surface area contributed by atoms with Crippen LogP contribution >= 0.6 is 0 Å². The third-order valence-corrected chi connectivity index (χ3v) is 7.11. The smallest absolute Gasteiger partial charge is 0.126 e. The molecule has 2 N–H and O–H groups in total. The molecule has 0 heterocycles. The largest absolute Gasteiger partial charge is 0.507 e. The average Bonchev–Trinajstić information content (AvgIpc) is 2.70. The lowest BCUT2D eigenvalue weighted by atomic mass is 9.91. The Morgan fingerprint density at radius 2 is 1.06 bits per heavy atom. The standard InChI is InChI=1S/C29H50O2/c1-20(2)12-9-13-21(3)14-10-15-22(4)16-11-17-23(5)18-19-27-26(8)28(30)24(6)25(7)29(27)31/h18-23,30-31H,9-17H2,1-8H3. The minimum atomic E-state index is 0.295. The van der Waals surface area contributed by atoms with Gasteiger partial charge in [0.25, 0.3) is 0 Å². The Morgan fingerprint density at radius 1 is 0.613 bits per heavy atom. The van der Waals surface area contributed by atoms with E-state index in [9.17, 15) is 10.2 Å². The number of benzene rings is 1. The van der Waals surface area contributed by atoms with Gasteiger partial charge in [-0.1, -0.05) is 98.1 Å². The van der Waals surface area contributed by atoms with Crippen molar-refractivity contribution < 1.29 is 10.2 Å². The Kier molecular flexibility index (Phi) is 12.3. The SMILES string of the molecule is Cc1c(C)c(O)c(C=CC(C)CCCC(C)CCCC(C)CCCC(C)C)c(C)c1O. The summed E-state index contributed by atoms with van der Waals surface area (Å²) in [6.07, 6.45) is 16.2. The summed E-state index contributed by atoms with van der Waals surface area (Å²) < 4.78 is 0. The Balaban J connectivity index is 2.34. The summed E-state index contributed by atoms with van der Waals surface area (Å²) in [7, 11) is 0. The van der Waals surface area contributed by atoms with Crippen molar-refractivity contribution in [1.29, 1.82) is 0 Å². The lowest BCUT2D eigenvalue weighted by Gasteiger charge is -2.16. The van der Waals surface area contributed by atoms with Gasteiger partial charge in [-0.15, -0.1) is 0 Å². The molecule has 31 heavy (non-hydrogen) atoms. The Morgan fingerprint density at radius 3 is 1.58 bits per heavy atom. The van der Waals surface area contributed by atoms with Crippen LogP contribution in [0.4, 0.5) is 0 Å². The highest BCUT2D eigenvalue weighted by Gasteiger charge is 2.14. The first kappa shape index (κ1) is 27.6. The van der Waals surface area contributed by atoms with Crippen LogP contribution in [0.25, 0.3) is 6.08 Å². The van der Waals surface area contributed by atoms with E-state index in [1.54, 1.807) is 0 Å². The average molecular weight is 431 g/mol. The number of hydrogen-bond acceptors (Lipinski definition) is 2. The van der Waals surface area contributed by atoms with Crippen LogP contribution in [-0.2, 0) is 0 Å². The van der Waals surface area contributed by atoms with Gasteiger partial charge in [-0.2, -0.15) is 0 Å². The van der Waals surface area contributed by atoms with E-state index in [4.69, 9.17) is 0 Å². The summed E-state index contributed by atoms with van der Waals surface area (Å²) in [5.41, 5.74) is 3.04. The molecule has 2 heteroatoms. The summed E-state index contributed by atoms with van der Waals surface area (Å²) in [5.74, 6) is 3.58. The third kappa shape index (κ3) is 9.71. The predicted molar refractivity (Wildman–Crippen MR) is 137 cm³/mol. The van der Waals surface area contributed by atoms with Crippen LogP contribution in [0.2, 0.25) is 0 Å². The van der Waals surface area contributed by atoms with E-state index >= 15 is 0 Å². The fraction of sp³-hybridized carbons (Fsp3) is 0.724. The van der Waals surface area contributed by atoms with E-state index in [0.717, 1.165) is 40.0 Å². The minimum Gasteiger partial charge on any atom is -0.507 e. The molecule has 1 aromatic rings. The van der Waals surface area contributed by atoms with E-state index in [-0.39, 0.29) is 0 Å². The molecule has 2 nitrogen and oxygen atoms in total. The van der Waals surface area contributed by atoms with Crippen molar-refractivity contribution in [3.63, 3.8) is 0 Å². The molecule has 0 aromatic heterocycles. The molecule has 0 amide bonds. The molecular formula is C29H50O2. The lowest BCUT2D eigenvalue weighted by molar-refractivity contribution is 0.383. The van der Waals surface area contributed by atoms with Gasteiger partial charge in [0.1, 0.15) is 11.5 Å². The number of hydrogen-bond donors (Lipinski definition) is 2. The van der Waals surface area contributed by atoms with Crippen molar-refractivity contribution in [3.8, 4) is 11.5 Å². The molecule has 0 fully saturated rings. The second-order valence-electron chi connectivity index (χ2n) is 10.7. The molecule has 0 saturated heterocycles. The molecule has 178 valence electrons. The predicted octanol–water partition coefficient (Wildman–Crippen LogP) is 9.11. The van der Waals surface area contributed by atoms with Crippen LogP contribution in [0.15, 0.2) is 6.08 Å². The maximum absolute atomic E-state index is 10.5. The molecule has 0 saturated carbocycles. The van der Waals surface area contributed by atoms with Crippen LogP contribution in [0.5, 0.6) is 11.5 Å².